The van der Waals surface area contributed by atoms with Gasteiger partial charge in [0.25, 0.3) is 5.91 Å². The van der Waals surface area contributed by atoms with Gasteiger partial charge in [-0.15, -0.1) is 0 Å². The molecule has 0 spiro atoms. The summed E-state index contributed by atoms with van der Waals surface area (Å²) in [6.45, 7) is 16.6. The van der Waals surface area contributed by atoms with Gasteiger partial charge in [-0.1, -0.05) is 41.5 Å². The van der Waals surface area contributed by atoms with Crippen molar-refractivity contribution in [3.63, 3.8) is 0 Å². The predicted octanol–water partition coefficient (Wildman–Crippen LogP) is 6.17. The van der Waals surface area contributed by atoms with E-state index in [1.807, 2.05) is 46.9 Å². The van der Waals surface area contributed by atoms with Crippen molar-refractivity contribution in [2.45, 2.75) is 67.4 Å². The number of benzene rings is 1. The minimum atomic E-state index is -0.926. The van der Waals surface area contributed by atoms with E-state index in [9.17, 15) is 4.79 Å². The Labute approximate surface area is 169 Å². The zero-order valence-electron chi connectivity index (χ0n) is 18.3. The van der Waals surface area contributed by atoms with E-state index in [0.717, 1.165) is 17.4 Å². The summed E-state index contributed by atoms with van der Waals surface area (Å²) in [5.41, 5.74) is -0.926. The fraction of sp³-hybridized carbons (Fsp3) is 0.667. The van der Waals surface area contributed by atoms with E-state index >= 15 is 0 Å². The van der Waals surface area contributed by atoms with Crippen molar-refractivity contribution < 1.29 is 14.3 Å². The predicted molar refractivity (Wildman–Crippen MR) is 115 cm³/mol. The number of nitrogens with zero attached hydrogens (tertiary/aromatic N) is 1. The quantitative estimate of drug-likeness (QED) is 0.517. The normalized spacial score (nSPS) is 10.2. The van der Waals surface area contributed by atoms with E-state index in [0.29, 0.717) is 17.4 Å². The summed E-state index contributed by atoms with van der Waals surface area (Å²) in [6, 6.07) is 5.43. The van der Waals surface area contributed by atoms with Crippen molar-refractivity contribution in [1.29, 1.82) is 0 Å². The first-order valence-corrected chi connectivity index (χ1v) is 10.2. The van der Waals surface area contributed by atoms with Crippen molar-refractivity contribution in [2.75, 3.05) is 20.7 Å². The Balaban J connectivity index is 0. The Kier molecular flexibility index (Phi) is 14.4. The van der Waals surface area contributed by atoms with Gasteiger partial charge in [-0.2, -0.15) is 0 Å². The fourth-order valence-corrected chi connectivity index (χ4v) is 2.46. The summed E-state index contributed by atoms with van der Waals surface area (Å²) < 4.78 is 12.0. The van der Waals surface area contributed by atoms with E-state index in [2.05, 4.69) is 29.8 Å². The highest BCUT2D eigenvalue weighted by molar-refractivity contribution is 9.10. The Morgan fingerprint density at radius 1 is 1.19 bits per heavy atom. The molecule has 0 bridgehead atoms. The molecule has 1 aromatic rings. The summed E-state index contributed by atoms with van der Waals surface area (Å²) in [5.74, 6) is 1.81. The summed E-state index contributed by atoms with van der Waals surface area (Å²) in [4.78, 5) is 14.3. The third-order valence-corrected chi connectivity index (χ3v) is 4.05. The van der Waals surface area contributed by atoms with Gasteiger partial charge in [0, 0.05) is 19.7 Å². The Morgan fingerprint density at radius 2 is 1.73 bits per heavy atom. The van der Waals surface area contributed by atoms with Crippen molar-refractivity contribution >= 4 is 21.8 Å². The maximum Gasteiger partial charge on any atom is 0.265 e. The molecule has 0 aliphatic heterocycles. The number of hydrogen-bond donors (Lipinski definition) is 0. The second kappa shape index (κ2) is 13.9. The zero-order valence-corrected chi connectivity index (χ0v) is 19.9. The van der Waals surface area contributed by atoms with Crippen LogP contribution in [0.2, 0.25) is 0 Å². The average Bonchev–Trinajstić information content (AvgIpc) is 2.63. The van der Waals surface area contributed by atoms with Gasteiger partial charge in [-0.05, 0) is 54.2 Å². The molecule has 0 heterocycles. The van der Waals surface area contributed by atoms with Crippen molar-refractivity contribution in [2.24, 2.45) is 5.92 Å². The highest BCUT2D eigenvalue weighted by atomic mass is 79.9. The summed E-state index contributed by atoms with van der Waals surface area (Å²) in [6.07, 6.45) is 0.977. The summed E-state index contributed by atoms with van der Waals surface area (Å²) in [5, 5.41) is 0. The second-order valence-corrected chi connectivity index (χ2v) is 7.17. The third-order valence-electron chi connectivity index (χ3n) is 3.40. The minimum absolute atomic E-state index is 0.0324. The Hall–Kier alpha value is -1.23. The summed E-state index contributed by atoms with van der Waals surface area (Å²) >= 11 is 3.40. The fourth-order valence-electron chi connectivity index (χ4n) is 2.05. The number of hydrogen-bond acceptors (Lipinski definition) is 3. The number of likely N-dealkylation sites (N-methyl/N-ethyl adjacent to an activating group) is 1. The molecule has 5 heteroatoms. The van der Waals surface area contributed by atoms with Crippen LogP contribution in [-0.2, 0) is 4.79 Å². The zero-order chi connectivity index (χ0) is 20.9. The van der Waals surface area contributed by atoms with E-state index < -0.39 is 5.60 Å². The van der Waals surface area contributed by atoms with E-state index in [4.69, 9.17) is 9.47 Å². The van der Waals surface area contributed by atoms with Crippen molar-refractivity contribution in [3.8, 4) is 11.5 Å². The first-order valence-electron chi connectivity index (χ1n) is 9.45. The van der Waals surface area contributed by atoms with Crippen molar-refractivity contribution in [3.05, 3.63) is 22.7 Å². The number of carbonyl (C=O) groups excluding carboxylic acids is 1. The molecular weight excluding hydrogens is 394 g/mol. The Bertz CT molecular complexity index is 516. The van der Waals surface area contributed by atoms with E-state index in [1.54, 1.807) is 31.9 Å². The Morgan fingerprint density at radius 3 is 2.19 bits per heavy atom. The molecule has 1 aromatic carbocycles. The van der Waals surface area contributed by atoms with Crippen LogP contribution >= 0.6 is 15.9 Å². The van der Waals surface area contributed by atoms with Gasteiger partial charge >= 0.3 is 0 Å². The van der Waals surface area contributed by atoms with Gasteiger partial charge in [0.05, 0.1) is 11.6 Å². The van der Waals surface area contributed by atoms with Gasteiger partial charge < -0.3 is 14.4 Å². The number of carbonyl (C=O) groups is 1. The molecule has 0 aliphatic rings. The maximum absolute atomic E-state index is 12.6. The monoisotopic (exact) mass is 431 g/mol. The first kappa shape index (κ1) is 27.0. The van der Waals surface area contributed by atoms with Gasteiger partial charge in [0.1, 0.15) is 11.5 Å². The number of ether oxygens (including phenoxy) is 2. The van der Waals surface area contributed by atoms with E-state index in [-0.39, 0.29) is 5.91 Å². The molecule has 0 aromatic heterocycles. The van der Waals surface area contributed by atoms with Crippen LogP contribution in [0, 0.1) is 5.92 Å². The van der Waals surface area contributed by atoms with E-state index in [1.165, 1.54) is 0 Å². The lowest BCUT2D eigenvalue weighted by atomic mass is 10.1. The number of halogens is 1. The molecule has 1 rings (SSSR count). The lowest BCUT2D eigenvalue weighted by molar-refractivity contribution is -0.144. The van der Waals surface area contributed by atoms with Crippen LogP contribution in [-0.4, -0.2) is 37.1 Å². The molecule has 0 fully saturated rings. The SMILES string of the molecule is CC.CC.COc1cc(OC(C)(C)C(=O)N(C)CCC(C)C)ccc1Br. The third kappa shape index (κ3) is 9.46. The van der Waals surface area contributed by atoms with Crippen LogP contribution in [0.25, 0.3) is 0 Å². The van der Waals surface area contributed by atoms with Crippen LogP contribution in [0.15, 0.2) is 22.7 Å². The molecule has 0 aliphatic carbocycles. The van der Waals surface area contributed by atoms with Crippen LogP contribution in [0.4, 0.5) is 0 Å². The molecule has 26 heavy (non-hydrogen) atoms. The van der Waals surface area contributed by atoms with Crippen LogP contribution in [0.3, 0.4) is 0 Å². The minimum Gasteiger partial charge on any atom is -0.495 e. The van der Waals surface area contributed by atoms with Crippen molar-refractivity contribution in [1.82, 2.24) is 4.90 Å². The highest BCUT2D eigenvalue weighted by Gasteiger charge is 2.32. The van der Waals surface area contributed by atoms with Gasteiger partial charge in [-0.3, -0.25) is 4.79 Å². The number of rotatable bonds is 7. The molecule has 1 amide bonds. The van der Waals surface area contributed by atoms with Gasteiger partial charge in [0.2, 0.25) is 0 Å². The molecular formula is C21H38BrNO3. The molecule has 0 atom stereocenters. The molecule has 0 unspecified atom stereocenters. The molecule has 0 saturated carbocycles. The smallest absolute Gasteiger partial charge is 0.265 e. The highest BCUT2D eigenvalue weighted by Crippen LogP contribution is 2.31. The lowest BCUT2D eigenvalue weighted by Crippen LogP contribution is -2.47. The number of methoxy groups -OCH3 is 1. The molecule has 0 N–H and O–H groups in total. The molecule has 152 valence electrons. The molecule has 0 radical (unpaired) electrons. The number of amides is 1. The summed E-state index contributed by atoms with van der Waals surface area (Å²) in [7, 11) is 3.41. The van der Waals surface area contributed by atoms with Crippen LogP contribution < -0.4 is 9.47 Å². The lowest BCUT2D eigenvalue weighted by Gasteiger charge is -2.30. The first-order chi connectivity index (χ1) is 12.2. The topological polar surface area (TPSA) is 38.8 Å². The van der Waals surface area contributed by atoms with Crippen LogP contribution in [0.1, 0.15) is 61.8 Å². The molecule has 0 saturated heterocycles. The second-order valence-electron chi connectivity index (χ2n) is 6.32. The largest absolute Gasteiger partial charge is 0.495 e. The molecule has 4 nitrogen and oxygen atoms in total. The standard InChI is InChI=1S/C17H26BrNO3.2C2H6/c1-12(2)9-10-19(5)16(20)17(3,4)22-13-7-8-14(18)15(11-13)21-6;2*1-2/h7-8,11-12H,9-10H2,1-6H3;2*1-2H3. The van der Waals surface area contributed by atoms with Gasteiger partial charge in [0.15, 0.2) is 5.60 Å². The average molecular weight is 432 g/mol. The van der Waals surface area contributed by atoms with Crippen LogP contribution in [0.5, 0.6) is 11.5 Å². The maximum atomic E-state index is 12.6. The van der Waals surface area contributed by atoms with Gasteiger partial charge in [-0.25, -0.2) is 0 Å².